The molecule has 2 rings (SSSR count). The number of nitrogens with zero attached hydrogens (tertiary/aromatic N) is 2. The van der Waals surface area contributed by atoms with E-state index >= 15 is 0 Å². The summed E-state index contributed by atoms with van der Waals surface area (Å²) < 4.78 is 0. The van der Waals surface area contributed by atoms with Gasteiger partial charge in [0.1, 0.15) is 0 Å². The molecule has 1 atom stereocenters. The van der Waals surface area contributed by atoms with E-state index in [0.717, 1.165) is 5.69 Å². The third-order valence-corrected chi connectivity index (χ3v) is 2.74. The van der Waals surface area contributed by atoms with Crippen LogP contribution in [-0.4, -0.2) is 53.3 Å². The lowest BCUT2D eigenvalue weighted by Gasteiger charge is -2.32. The molecule has 1 aliphatic heterocycles. The van der Waals surface area contributed by atoms with E-state index in [1.54, 1.807) is 12.4 Å². The fourth-order valence-electron chi connectivity index (χ4n) is 1.84. The van der Waals surface area contributed by atoms with E-state index < -0.39 is 6.09 Å². The van der Waals surface area contributed by atoms with Gasteiger partial charge in [0.2, 0.25) is 0 Å². The number of hydrogen-bond acceptors (Lipinski definition) is 4. The minimum Gasteiger partial charge on any atom is -0.465 e. The Bertz CT molecular complexity index is 371. The molecule has 17 heavy (non-hydrogen) atoms. The topological polar surface area (TPSA) is 77.5 Å². The SMILES string of the molecule is O=C(O)N1CCNC(CNc2cccnc2)C1. The Kier molecular flexibility index (Phi) is 3.77. The second-order valence-electron chi connectivity index (χ2n) is 4.00. The van der Waals surface area contributed by atoms with Crippen LogP contribution in [0.5, 0.6) is 0 Å². The normalized spacial score (nSPS) is 20.0. The van der Waals surface area contributed by atoms with E-state index in [-0.39, 0.29) is 6.04 Å². The standard InChI is InChI=1S/C11H16N4O2/c16-11(17)15-5-4-13-10(8-15)7-14-9-2-1-3-12-6-9/h1-3,6,10,13-14H,4-5,7-8H2,(H,16,17). The maximum Gasteiger partial charge on any atom is 0.407 e. The maximum absolute atomic E-state index is 10.8. The number of hydrogen-bond donors (Lipinski definition) is 3. The zero-order valence-electron chi connectivity index (χ0n) is 9.47. The predicted octanol–water partition coefficient (Wildman–Crippen LogP) is 0.445. The lowest BCUT2D eigenvalue weighted by atomic mass is 10.2. The molecule has 1 saturated heterocycles. The van der Waals surface area contributed by atoms with Gasteiger partial charge in [-0.3, -0.25) is 4.98 Å². The highest BCUT2D eigenvalue weighted by Gasteiger charge is 2.22. The van der Waals surface area contributed by atoms with Crippen LogP contribution in [0.1, 0.15) is 0 Å². The summed E-state index contributed by atoms with van der Waals surface area (Å²) >= 11 is 0. The van der Waals surface area contributed by atoms with Crippen LogP contribution in [0.2, 0.25) is 0 Å². The maximum atomic E-state index is 10.8. The largest absolute Gasteiger partial charge is 0.465 e. The first-order chi connectivity index (χ1) is 8.25. The molecule has 92 valence electrons. The molecule has 1 aromatic heterocycles. The summed E-state index contributed by atoms with van der Waals surface area (Å²) in [6.07, 6.45) is 2.62. The monoisotopic (exact) mass is 236 g/mol. The Hall–Kier alpha value is -1.82. The zero-order valence-corrected chi connectivity index (χ0v) is 9.47. The van der Waals surface area contributed by atoms with Crippen LogP contribution < -0.4 is 10.6 Å². The van der Waals surface area contributed by atoms with Gasteiger partial charge in [-0.1, -0.05) is 0 Å². The van der Waals surface area contributed by atoms with Crippen molar-refractivity contribution in [1.82, 2.24) is 15.2 Å². The van der Waals surface area contributed by atoms with Gasteiger partial charge in [0.05, 0.1) is 5.69 Å². The zero-order chi connectivity index (χ0) is 12.1. The molecule has 1 amide bonds. The number of anilines is 1. The molecule has 0 aromatic carbocycles. The molecule has 1 unspecified atom stereocenters. The second kappa shape index (κ2) is 5.49. The molecule has 1 aromatic rings. The van der Waals surface area contributed by atoms with Crippen LogP contribution >= 0.6 is 0 Å². The molecule has 0 bridgehead atoms. The van der Waals surface area contributed by atoms with Gasteiger partial charge in [0, 0.05) is 44.6 Å². The van der Waals surface area contributed by atoms with Crippen LogP contribution in [0.25, 0.3) is 0 Å². The Morgan fingerprint density at radius 1 is 1.71 bits per heavy atom. The smallest absolute Gasteiger partial charge is 0.407 e. The van der Waals surface area contributed by atoms with Crippen molar-refractivity contribution >= 4 is 11.8 Å². The van der Waals surface area contributed by atoms with Gasteiger partial charge < -0.3 is 20.6 Å². The van der Waals surface area contributed by atoms with Crippen LogP contribution in [0.3, 0.4) is 0 Å². The van der Waals surface area contributed by atoms with Crippen molar-refractivity contribution in [3.05, 3.63) is 24.5 Å². The Morgan fingerprint density at radius 3 is 3.29 bits per heavy atom. The molecule has 2 heterocycles. The third-order valence-electron chi connectivity index (χ3n) is 2.74. The number of piperazine rings is 1. The molecule has 0 aliphatic carbocycles. The highest BCUT2D eigenvalue weighted by atomic mass is 16.4. The van der Waals surface area contributed by atoms with Crippen molar-refractivity contribution in [2.24, 2.45) is 0 Å². The summed E-state index contributed by atoms with van der Waals surface area (Å²) in [5.74, 6) is 0. The van der Waals surface area contributed by atoms with Crippen molar-refractivity contribution < 1.29 is 9.90 Å². The fourth-order valence-corrected chi connectivity index (χ4v) is 1.84. The van der Waals surface area contributed by atoms with E-state index in [1.165, 1.54) is 4.90 Å². The molecular formula is C11H16N4O2. The number of amides is 1. The number of carboxylic acid groups (broad SMARTS) is 1. The van der Waals surface area contributed by atoms with Gasteiger partial charge in [0.25, 0.3) is 0 Å². The third kappa shape index (κ3) is 3.32. The van der Waals surface area contributed by atoms with Crippen LogP contribution in [0.4, 0.5) is 10.5 Å². The summed E-state index contributed by atoms with van der Waals surface area (Å²) in [6, 6.07) is 3.94. The second-order valence-corrected chi connectivity index (χ2v) is 4.00. The highest BCUT2D eigenvalue weighted by Crippen LogP contribution is 2.04. The van der Waals surface area contributed by atoms with Crippen LogP contribution in [-0.2, 0) is 0 Å². The van der Waals surface area contributed by atoms with E-state index in [9.17, 15) is 4.79 Å². The summed E-state index contributed by atoms with van der Waals surface area (Å²) in [5.41, 5.74) is 0.946. The summed E-state index contributed by atoms with van der Waals surface area (Å²) in [6.45, 7) is 2.46. The fraction of sp³-hybridized carbons (Fsp3) is 0.455. The van der Waals surface area contributed by atoms with E-state index in [1.807, 2.05) is 12.1 Å². The van der Waals surface area contributed by atoms with Crippen molar-refractivity contribution in [3.63, 3.8) is 0 Å². The lowest BCUT2D eigenvalue weighted by Crippen LogP contribution is -2.54. The Morgan fingerprint density at radius 2 is 2.59 bits per heavy atom. The summed E-state index contributed by atoms with van der Waals surface area (Å²) in [7, 11) is 0. The average molecular weight is 236 g/mol. The van der Waals surface area contributed by atoms with Crippen LogP contribution in [0, 0.1) is 0 Å². The number of carbonyl (C=O) groups is 1. The predicted molar refractivity (Wildman–Crippen MR) is 64.1 cm³/mol. The molecule has 1 aliphatic rings. The first-order valence-electron chi connectivity index (χ1n) is 5.61. The van der Waals surface area contributed by atoms with E-state index in [2.05, 4.69) is 15.6 Å². The molecule has 0 spiro atoms. The van der Waals surface area contributed by atoms with Gasteiger partial charge in [-0.05, 0) is 12.1 Å². The number of nitrogens with one attached hydrogen (secondary N) is 2. The van der Waals surface area contributed by atoms with Gasteiger partial charge in [-0.15, -0.1) is 0 Å². The number of rotatable bonds is 3. The molecule has 1 fully saturated rings. The molecule has 3 N–H and O–H groups in total. The van der Waals surface area contributed by atoms with Crippen molar-refractivity contribution in [1.29, 1.82) is 0 Å². The summed E-state index contributed by atoms with van der Waals surface area (Å²) in [5, 5.41) is 15.4. The minimum atomic E-state index is -0.849. The highest BCUT2D eigenvalue weighted by molar-refractivity contribution is 5.65. The van der Waals surface area contributed by atoms with Crippen LogP contribution in [0.15, 0.2) is 24.5 Å². The quantitative estimate of drug-likeness (QED) is 0.710. The molecule has 6 heteroatoms. The number of aromatic nitrogens is 1. The van der Waals surface area contributed by atoms with Gasteiger partial charge in [0.15, 0.2) is 0 Å². The Labute approximate surface area is 99.7 Å². The molecule has 6 nitrogen and oxygen atoms in total. The van der Waals surface area contributed by atoms with Crippen molar-refractivity contribution in [2.75, 3.05) is 31.5 Å². The van der Waals surface area contributed by atoms with Crippen molar-refractivity contribution in [2.45, 2.75) is 6.04 Å². The van der Waals surface area contributed by atoms with Crippen molar-refractivity contribution in [3.8, 4) is 0 Å². The number of pyridine rings is 1. The first kappa shape index (κ1) is 11.7. The first-order valence-corrected chi connectivity index (χ1v) is 5.61. The minimum absolute atomic E-state index is 0.139. The van der Waals surface area contributed by atoms with E-state index in [0.29, 0.717) is 26.2 Å². The van der Waals surface area contributed by atoms with Gasteiger partial charge in [-0.2, -0.15) is 0 Å². The van der Waals surface area contributed by atoms with Gasteiger partial charge >= 0.3 is 6.09 Å². The lowest BCUT2D eigenvalue weighted by molar-refractivity contribution is 0.130. The molecule has 0 saturated carbocycles. The summed E-state index contributed by atoms with van der Waals surface area (Å²) in [4.78, 5) is 16.3. The van der Waals surface area contributed by atoms with Gasteiger partial charge in [-0.25, -0.2) is 4.79 Å². The Balaban J connectivity index is 1.81. The average Bonchev–Trinajstić information content (AvgIpc) is 2.38. The molecular weight excluding hydrogens is 220 g/mol. The van der Waals surface area contributed by atoms with E-state index in [4.69, 9.17) is 5.11 Å². The molecule has 0 radical (unpaired) electrons.